The molecule has 0 aliphatic rings. The smallest absolute Gasteiger partial charge is 0.420 e. The fraction of sp³-hybridized carbons (Fsp3) is 0.143. The maximum atomic E-state index is 13.5. The molecule has 0 aliphatic carbocycles. The first-order valence-electron chi connectivity index (χ1n) is 12.1. The molecule has 2 aromatic carbocycles. The van der Waals surface area contributed by atoms with Gasteiger partial charge < -0.3 is 29.2 Å². The van der Waals surface area contributed by atoms with Crippen LogP contribution in [0.5, 0.6) is 17.4 Å². The molecule has 210 valence electrons. The summed E-state index contributed by atoms with van der Waals surface area (Å²) in [5.74, 6) is -0.122. The van der Waals surface area contributed by atoms with E-state index in [0.29, 0.717) is 28.5 Å². The number of imidazole rings is 1. The zero-order valence-corrected chi connectivity index (χ0v) is 21.8. The van der Waals surface area contributed by atoms with Gasteiger partial charge in [0.25, 0.3) is 5.88 Å². The summed E-state index contributed by atoms with van der Waals surface area (Å²) in [6.07, 6.45) is 3.78. The summed E-state index contributed by atoms with van der Waals surface area (Å²) in [6, 6.07) is 11.5. The number of ether oxygens (including phenoxy) is 3. The van der Waals surface area contributed by atoms with Crippen LogP contribution in [0.25, 0.3) is 16.9 Å². The third-order valence-corrected chi connectivity index (χ3v) is 5.96. The Morgan fingerprint density at radius 3 is 2.49 bits per heavy atom. The van der Waals surface area contributed by atoms with Gasteiger partial charge >= 0.3 is 12.2 Å². The Morgan fingerprint density at radius 2 is 1.76 bits per heavy atom. The van der Waals surface area contributed by atoms with Crippen LogP contribution in [0.3, 0.4) is 0 Å². The fourth-order valence-electron chi connectivity index (χ4n) is 4.03. The van der Waals surface area contributed by atoms with E-state index in [-0.39, 0.29) is 18.0 Å². The molecular formula is C28H23F3N6O4. The van der Waals surface area contributed by atoms with Crippen molar-refractivity contribution in [3.63, 3.8) is 0 Å². The van der Waals surface area contributed by atoms with Gasteiger partial charge in [-0.25, -0.2) is 14.8 Å². The summed E-state index contributed by atoms with van der Waals surface area (Å²) in [4.78, 5) is 25.7. The van der Waals surface area contributed by atoms with Crippen LogP contribution < -0.4 is 24.8 Å². The number of rotatable bonds is 8. The van der Waals surface area contributed by atoms with E-state index in [1.807, 2.05) is 12.1 Å². The zero-order chi connectivity index (χ0) is 29.0. The van der Waals surface area contributed by atoms with Crippen molar-refractivity contribution in [1.82, 2.24) is 19.4 Å². The lowest BCUT2D eigenvalue weighted by atomic mass is 10.1. The van der Waals surface area contributed by atoms with E-state index < -0.39 is 23.5 Å². The average Bonchev–Trinajstić information content (AvgIpc) is 3.45. The van der Waals surface area contributed by atoms with Gasteiger partial charge in [-0.05, 0) is 35.9 Å². The van der Waals surface area contributed by atoms with Crippen molar-refractivity contribution in [2.24, 2.45) is 0 Å². The van der Waals surface area contributed by atoms with Crippen LogP contribution in [0.4, 0.5) is 29.3 Å². The third kappa shape index (κ3) is 6.13. The number of benzene rings is 2. The standard InChI is InChI=1S/C28H23F3N6O4/c1-39-23-14-24(40-2)21(13-20(23)28(29,30)31)36-27(38)34-19-5-3-4-18(12-19)22-15-37-11-10-33-25(37)26(35-22)41-16-17-6-8-32-9-7-17/h3-15H,16H2,1-2H3,(H2,34,36,38). The Morgan fingerprint density at radius 1 is 0.976 bits per heavy atom. The Hall–Kier alpha value is -5.33. The first-order chi connectivity index (χ1) is 19.7. The van der Waals surface area contributed by atoms with Gasteiger partial charge in [0.05, 0.1) is 31.2 Å². The molecular weight excluding hydrogens is 541 g/mol. The van der Waals surface area contributed by atoms with Gasteiger partial charge in [0.15, 0.2) is 0 Å². The number of hydrogen-bond acceptors (Lipinski definition) is 7. The van der Waals surface area contributed by atoms with Crippen molar-refractivity contribution < 1.29 is 32.2 Å². The minimum absolute atomic E-state index is 0.00381. The Balaban J connectivity index is 1.37. The molecule has 0 spiro atoms. The quantitative estimate of drug-likeness (QED) is 0.236. The number of nitrogens with zero attached hydrogens (tertiary/aromatic N) is 4. The molecule has 41 heavy (non-hydrogen) atoms. The number of halogens is 3. The second-order valence-corrected chi connectivity index (χ2v) is 8.64. The van der Waals surface area contributed by atoms with Crippen LogP contribution in [0.15, 0.2) is 79.5 Å². The lowest BCUT2D eigenvalue weighted by molar-refractivity contribution is -0.138. The number of pyridine rings is 1. The first-order valence-corrected chi connectivity index (χ1v) is 12.1. The number of aromatic nitrogens is 4. The number of amides is 2. The molecule has 3 heterocycles. The van der Waals surface area contributed by atoms with Gasteiger partial charge in [-0.2, -0.15) is 13.2 Å². The Kier molecular flexibility index (Phi) is 7.59. The number of carbonyl (C=O) groups is 1. The first kappa shape index (κ1) is 27.2. The molecule has 0 radical (unpaired) electrons. The average molecular weight is 565 g/mol. The third-order valence-electron chi connectivity index (χ3n) is 5.96. The lowest BCUT2D eigenvalue weighted by Crippen LogP contribution is -2.20. The fourth-order valence-corrected chi connectivity index (χ4v) is 4.03. The Bertz CT molecular complexity index is 1690. The van der Waals surface area contributed by atoms with Gasteiger partial charge in [-0.3, -0.25) is 4.98 Å². The van der Waals surface area contributed by atoms with Gasteiger partial charge in [0, 0.05) is 48.3 Å². The number of urea groups is 1. The van der Waals surface area contributed by atoms with Crippen LogP contribution in [0.1, 0.15) is 11.1 Å². The van der Waals surface area contributed by atoms with Gasteiger partial charge in [0.1, 0.15) is 18.1 Å². The largest absolute Gasteiger partial charge is 0.496 e. The predicted molar refractivity (Wildman–Crippen MR) is 144 cm³/mol. The number of nitrogens with one attached hydrogen (secondary N) is 2. The van der Waals surface area contributed by atoms with Crippen molar-refractivity contribution in [3.8, 4) is 28.6 Å². The highest BCUT2D eigenvalue weighted by atomic mass is 19.4. The Labute approximate surface area is 231 Å². The minimum atomic E-state index is -4.71. The summed E-state index contributed by atoms with van der Waals surface area (Å²) >= 11 is 0. The summed E-state index contributed by atoms with van der Waals surface area (Å²) in [6.45, 7) is 0.258. The van der Waals surface area contributed by atoms with Crippen LogP contribution in [-0.4, -0.2) is 39.6 Å². The van der Waals surface area contributed by atoms with Crippen molar-refractivity contribution in [2.45, 2.75) is 12.8 Å². The highest BCUT2D eigenvalue weighted by Crippen LogP contribution is 2.42. The van der Waals surface area contributed by atoms with E-state index >= 15 is 0 Å². The predicted octanol–water partition coefficient (Wildman–Crippen LogP) is 6.05. The molecule has 0 bridgehead atoms. The summed E-state index contributed by atoms with van der Waals surface area (Å²) in [7, 11) is 2.39. The van der Waals surface area contributed by atoms with E-state index in [9.17, 15) is 18.0 Å². The maximum Gasteiger partial charge on any atom is 0.420 e. The highest BCUT2D eigenvalue weighted by molar-refractivity contribution is 6.01. The molecule has 2 amide bonds. The molecule has 0 unspecified atom stereocenters. The summed E-state index contributed by atoms with van der Waals surface area (Å²) in [5, 5.41) is 5.04. The van der Waals surface area contributed by atoms with Crippen LogP contribution in [0.2, 0.25) is 0 Å². The molecule has 0 saturated carbocycles. The number of fused-ring (bicyclic) bond motifs is 1. The van der Waals surface area contributed by atoms with Crippen LogP contribution in [-0.2, 0) is 12.8 Å². The van der Waals surface area contributed by atoms with Gasteiger partial charge in [0.2, 0.25) is 5.65 Å². The molecule has 0 atom stereocenters. The zero-order valence-electron chi connectivity index (χ0n) is 21.8. The van der Waals surface area contributed by atoms with E-state index in [2.05, 4.69) is 25.6 Å². The van der Waals surface area contributed by atoms with E-state index in [1.165, 1.54) is 7.11 Å². The summed E-state index contributed by atoms with van der Waals surface area (Å²) < 4.78 is 58.2. The van der Waals surface area contributed by atoms with Gasteiger partial charge in [-0.1, -0.05) is 12.1 Å². The van der Waals surface area contributed by atoms with E-state index in [4.69, 9.17) is 14.2 Å². The molecule has 2 N–H and O–H groups in total. The van der Waals surface area contributed by atoms with Crippen molar-refractivity contribution in [3.05, 3.63) is 90.6 Å². The van der Waals surface area contributed by atoms with Crippen molar-refractivity contribution >= 4 is 23.1 Å². The number of methoxy groups -OCH3 is 2. The number of alkyl halides is 3. The molecule has 0 fully saturated rings. The molecule has 5 rings (SSSR count). The molecule has 3 aromatic heterocycles. The molecule has 5 aromatic rings. The highest BCUT2D eigenvalue weighted by Gasteiger charge is 2.35. The normalized spacial score (nSPS) is 11.2. The number of anilines is 2. The lowest BCUT2D eigenvalue weighted by Gasteiger charge is -2.17. The van der Waals surface area contributed by atoms with Crippen LogP contribution >= 0.6 is 0 Å². The minimum Gasteiger partial charge on any atom is -0.496 e. The molecule has 13 heteroatoms. The monoisotopic (exact) mass is 564 g/mol. The van der Waals surface area contributed by atoms with E-state index in [1.54, 1.807) is 59.7 Å². The van der Waals surface area contributed by atoms with E-state index in [0.717, 1.165) is 24.8 Å². The molecule has 10 nitrogen and oxygen atoms in total. The van der Waals surface area contributed by atoms with Crippen molar-refractivity contribution in [1.29, 1.82) is 0 Å². The van der Waals surface area contributed by atoms with Crippen molar-refractivity contribution in [2.75, 3.05) is 24.9 Å². The maximum absolute atomic E-state index is 13.5. The second-order valence-electron chi connectivity index (χ2n) is 8.64. The number of hydrogen-bond donors (Lipinski definition) is 2. The SMILES string of the molecule is COc1cc(OC)c(C(F)(F)F)cc1NC(=O)Nc1cccc(-c2cn3ccnc3c(OCc3ccncc3)n2)c1. The number of carbonyl (C=O) groups excluding carboxylic acids is 1. The molecule has 0 saturated heterocycles. The molecule has 0 aliphatic heterocycles. The topological polar surface area (TPSA) is 112 Å². The summed E-state index contributed by atoms with van der Waals surface area (Å²) in [5.41, 5.74) is 1.76. The second kappa shape index (κ2) is 11.4. The van der Waals surface area contributed by atoms with Crippen LogP contribution in [0, 0.1) is 0 Å². The van der Waals surface area contributed by atoms with Gasteiger partial charge in [-0.15, -0.1) is 0 Å².